The van der Waals surface area contributed by atoms with Crippen molar-refractivity contribution in [3.05, 3.63) is 144 Å². The highest BCUT2D eigenvalue weighted by Crippen LogP contribution is 2.27. The summed E-state index contributed by atoms with van der Waals surface area (Å²) < 4.78 is 11.1. The summed E-state index contributed by atoms with van der Waals surface area (Å²) in [6.45, 7) is 0. The quantitative estimate of drug-likeness (QED) is 0.230. The van der Waals surface area contributed by atoms with Crippen molar-refractivity contribution in [1.29, 1.82) is 0 Å². The molecule has 0 saturated carbocycles. The van der Waals surface area contributed by atoms with Gasteiger partial charge in [-0.1, -0.05) is 121 Å². The van der Waals surface area contributed by atoms with E-state index in [-0.39, 0.29) is 0 Å². The van der Waals surface area contributed by atoms with Crippen LogP contribution in [0.2, 0.25) is 0 Å². The summed E-state index contributed by atoms with van der Waals surface area (Å²) in [4.78, 5) is 39.3. The number of ether oxygens (including phenoxy) is 2. The maximum atomic E-state index is 13.2. The van der Waals surface area contributed by atoms with Crippen LogP contribution in [0.1, 0.15) is 44.1 Å². The van der Waals surface area contributed by atoms with Gasteiger partial charge in [-0.05, 0) is 0 Å². The van der Waals surface area contributed by atoms with Crippen molar-refractivity contribution >= 4 is 17.7 Å². The first kappa shape index (κ1) is 22.7. The van der Waals surface area contributed by atoms with Crippen molar-refractivity contribution in [2.45, 2.75) is 12.2 Å². The van der Waals surface area contributed by atoms with E-state index in [0.29, 0.717) is 22.3 Å². The average Bonchev–Trinajstić information content (AvgIpc) is 2.91. The summed E-state index contributed by atoms with van der Waals surface area (Å²) in [6.07, 6.45) is -3.56. The van der Waals surface area contributed by atoms with Crippen molar-refractivity contribution in [3.63, 3.8) is 0 Å². The molecule has 5 heteroatoms. The lowest BCUT2D eigenvalue weighted by molar-refractivity contribution is 0.00266. The second-order valence-electron chi connectivity index (χ2n) is 7.53. The Kier molecular flexibility index (Phi) is 7.25. The Labute approximate surface area is 197 Å². The van der Waals surface area contributed by atoms with E-state index in [1.54, 1.807) is 121 Å². The minimum atomic E-state index is -1.22. The predicted molar refractivity (Wildman–Crippen MR) is 127 cm³/mol. The molecule has 0 N–H and O–H groups in total. The second kappa shape index (κ2) is 10.9. The van der Waals surface area contributed by atoms with Crippen LogP contribution in [0.4, 0.5) is 4.79 Å². The number of hydrogen-bond donors (Lipinski definition) is 0. The number of benzene rings is 4. The number of carbonyl (C=O) groups is 3. The second-order valence-corrected chi connectivity index (χ2v) is 7.53. The lowest BCUT2D eigenvalue weighted by Gasteiger charge is -2.21. The Morgan fingerprint density at radius 1 is 0.441 bits per heavy atom. The summed E-state index contributed by atoms with van der Waals surface area (Å²) >= 11 is 0. The first-order chi connectivity index (χ1) is 16.6. The van der Waals surface area contributed by atoms with E-state index in [9.17, 15) is 14.4 Å². The topological polar surface area (TPSA) is 69.7 Å². The largest absolute Gasteiger partial charge is 0.510 e. The van der Waals surface area contributed by atoms with Gasteiger partial charge in [-0.15, -0.1) is 0 Å². The van der Waals surface area contributed by atoms with Gasteiger partial charge < -0.3 is 9.47 Å². The fraction of sp³-hybridized carbons (Fsp3) is 0.0690. The molecular weight excluding hydrogens is 428 g/mol. The van der Waals surface area contributed by atoms with E-state index in [2.05, 4.69) is 0 Å². The molecule has 0 fully saturated rings. The molecule has 5 nitrogen and oxygen atoms in total. The third-order valence-electron chi connectivity index (χ3n) is 5.23. The Hall–Kier alpha value is -4.51. The van der Waals surface area contributed by atoms with Crippen LogP contribution in [-0.2, 0) is 9.47 Å². The van der Waals surface area contributed by atoms with Crippen LogP contribution in [0.15, 0.2) is 121 Å². The lowest BCUT2D eigenvalue weighted by atomic mass is 9.99. The van der Waals surface area contributed by atoms with Gasteiger partial charge in [0.05, 0.1) is 0 Å². The number of Topliss-reactive ketones (excluding diaryl/α,β-unsaturated/α-hetero) is 2. The van der Waals surface area contributed by atoms with E-state index in [0.717, 1.165) is 0 Å². The lowest BCUT2D eigenvalue weighted by Crippen LogP contribution is -2.25. The van der Waals surface area contributed by atoms with Crippen molar-refractivity contribution in [2.24, 2.45) is 0 Å². The molecule has 0 aliphatic heterocycles. The minimum absolute atomic E-state index is 0.393. The minimum Gasteiger partial charge on any atom is -0.418 e. The molecule has 4 rings (SSSR count). The fourth-order valence-electron chi connectivity index (χ4n) is 3.53. The number of rotatable bonds is 8. The van der Waals surface area contributed by atoms with Gasteiger partial charge in [0.1, 0.15) is 0 Å². The standard InChI is InChI=1S/C29H22O5/c30-25(21-13-5-1-6-14-21)27(23-17-9-3-10-18-23)33-29(32)34-28(24-19-11-4-12-20-24)26(31)22-15-7-2-8-16-22/h1-20,27-28H. The SMILES string of the molecule is O=C(OC(C(=O)c1ccccc1)c1ccccc1)OC(C(=O)c1ccccc1)c1ccccc1. The molecule has 2 atom stereocenters. The van der Waals surface area contributed by atoms with Crippen LogP contribution >= 0.6 is 0 Å². The fourth-order valence-corrected chi connectivity index (χ4v) is 3.53. The molecule has 4 aromatic rings. The van der Waals surface area contributed by atoms with Crippen molar-refractivity contribution in [3.8, 4) is 0 Å². The third-order valence-corrected chi connectivity index (χ3v) is 5.23. The predicted octanol–water partition coefficient (Wildman–Crippen LogP) is 6.39. The summed E-state index contributed by atoms with van der Waals surface area (Å²) in [5, 5.41) is 0. The normalized spacial score (nSPS) is 12.2. The molecule has 0 heterocycles. The van der Waals surface area contributed by atoms with Crippen LogP contribution in [0, 0.1) is 0 Å². The highest BCUT2D eigenvalue weighted by atomic mass is 16.7. The zero-order valence-corrected chi connectivity index (χ0v) is 18.2. The zero-order valence-electron chi connectivity index (χ0n) is 18.2. The highest BCUT2D eigenvalue weighted by molar-refractivity contribution is 6.02. The van der Waals surface area contributed by atoms with Gasteiger partial charge in [0, 0.05) is 22.3 Å². The molecule has 0 amide bonds. The molecule has 2 unspecified atom stereocenters. The van der Waals surface area contributed by atoms with Gasteiger partial charge in [-0.2, -0.15) is 0 Å². The van der Waals surface area contributed by atoms with E-state index >= 15 is 0 Å². The van der Waals surface area contributed by atoms with Crippen LogP contribution < -0.4 is 0 Å². The number of ketones is 2. The van der Waals surface area contributed by atoms with Gasteiger partial charge in [0.2, 0.25) is 11.6 Å². The molecule has 0 aliphatic carbocycles. The van der Waals surface area contributed by atoms with Gasteiger partial charge >= 0.3 is 6.16 Å². The average molecular weight is 450 g/mol. The number of hydrogen-bond acceptors (Lipinski definition) is 5. The maximum Gasteiger partial charge on any atom is 0.510 e. The summed E-state index contributed by atoms with van der Waals surface area (Å²) in [6, 6.07) is 34.5. The molecule has 0 spiro atoms. The molecule has 168 valence electrons. The summed E-state index contributed by atoms with van der Waals surface area (Å²) in [7, 11) is 0. The molecule has 0 radical (unpaired) electrons. The van der Waals surface area contributed by atoms with Crippen molar-refractivity contribution < 1.29 is 23.9 Å². The number of carbonyl (C=O) groups excluding carboxylic acids is 3. The molecular formula is C29H22O5. The van der Waals surface area contributed by atoms with Crippen LogP contribution in [-0.4, -0.2) is 17.7 Å². The highest BCUT2D eigenvalue weighted by Gasteiger charge is 2.31. The molecule has 4 aromatic carbocycles. The van der Waals surface area contributed by atoms with E-state index < -0.39 is 29.9 Å². The first-order valence-electron chi connectivity index (χ1n) is 10.8. The van der Waals surface area contributed by atoms with Crippen LogP contribution in [0.3, 0.4) is 0 Å². The third kappa shape index (κ3) is 5.45. The van der Waals surface area contributed by atoms with Crippen molar-refractivity contribution in [1.82, 2.24) is 0 Å². The van der Waals surface area contributed by atoms with Gasteiger partial charge in [-0.3, -0.25) is 9.59 Å². The molecule has 34 heavy (non-hydrogen) atoms. The van der Waals surface area contributed by atoms with E-state index in [1.807, 2.05) is 0 Å². The van der Waals surface area contributed by atoms with Crippen LogP contribution in [0.5, 0.6) is 0 Å². The molecule has 0 aliphatic rings. The Morgan fingerprint density at radius 2 is 0.735 bits per heavy atom. The molecule has 0 bridgehead atoms. The molecule has 0 aromatic heterocycles. The monoisotopic (exact) mass is 450 g/mol. The Bertz CT molecular complexity index is 1140. The molecule has 0 saturated heterocycles. The zero-order chi connectivity index (χ0) is 23.8. The maximum absolute atomic E-state index is 13.2. The summed E-state index contributed by atoms with van der Waals surface area (Å²) in [5.74, 6) is -0.788. The van der Waals surface area contributed by atoms with Crippen LogP contribution in [0.25, 0.3) is 0 Å². The van der Waals surface area contributed by atoms with E-state index in [4.69, 9.17) is 9.47 Å². The summed E-state index contributed by atoms with van der Waals surface area (Å²) in [5.41, 5.74) is 1.78. The van der Waals surface area contributed by atoms with Gasteiger partial charge in [0.15, 0.2) is 12.2 Å². The Morgan fingerprint density at radius 3 is 1.06 bits per heavy atom. The van der Waals surface area contributed by atoms with Crippen molar-refractivity contribution in [2.75, 3.05) is 0 Å². The van der Waals surface area contributed by atoms with E-state index in [1.165, 1.54) is 0 Å². The van der Waals surface area contributed by atoms with Gasteiger partial charge in [0.25, 0.3) is 0 Å². The van der Waals surface area contributed by atoms with Gasteiger partial charge in [-0.25, -0.2) is 4.79 Å². The first-order valence-corrected chi connectivity index (χ1v) is 10.8. The Balaban J connectivity index is 1.61. The smallest absolute Gasteiger partial charge is 0.418 e.